The van der Waals surface area contributed by atoms with Crippen molar-refractivity contribution < 1.29 is 4.90 Å². The fourth-order valence-corrected chi connectivity index (χ4v) is 3.75. The van der Waals surface area contributed by atoms with E-state index in [2.05, 4.69) is 48.1 Å². The van der Waals surface area contributed by atoms with Crippen molar-refractivity contribution in [3.8, 4) is 0 Å². The minimum atomic E-state index is -0.0345. The molecule has 2 rings (SSSR count). The number of H-pyrrole nitrogens is 1. The maximum Gasteiger partial charge on any atom is 0.253 e. The molecule has 0 unspecified atom stereocenters. The SMILES string of the molecule is CC[NH+](CC)CCCN(Cc1cc2cc(C)cc(C)c2[nH]c1=O)C(=S)NC. The number of aromatic amines is 1. The number of quaternary nitrogens is 1. The minimum absolute atomic E-state index is 0.0345. The van der Waals surface area contributed by atoms with E-state index < -0.39 is 0 Å². The van der Waals surface area contributed by atoms with E-state index in [1.165, 1.54) is 5.56 Å². The lowest BCUT2D eigenvalue weighted by atomic mass is 10.1. The molecule has 5 nitrogen and oxygen atoms in total. The number of thiocarbonyl (C=S) groups is 1. The number of hydrogen-bond acceptors (Lipinski definition) is 2. The molecule has 0 amide bonds. The smallest absolute Gasteiger partial charge is 0.253 e. The van der Waals surface area contributed by atoms with Crippen LogP contribution in [0.4, 0.5) is 0 Å². The van der Waals surface area contributed by atoms with Gasteiger partial charge in [0.25, 0.3) is 5.56 Å². The first-order valence-electron chi connectivity index (χ1n) is 9.82. The molecule has 0 atom stereocenters. The molecule has 2 aromatic rings. The second-order valence-corrected chi connectivity index (χ2v) is 7.59. The summed E-state index contributed by atoms with van der Waals surface area (Å²) >= 11 is 5.49. The van der Waals surface area contributed by atoms with Crippen LogP contribution in [0.15, 0.2) is 23.0 Å². The van der Waals surface area contributed by atoms with Crippen LogP contribution in [0.5, 0.6) is 0 Å². The van der Waals surface area contributed by atoms with E-state index in [1.54, 1.807) is 4.90 Å². The van der Waals surface area contributed by atoms with Crippen molar-refractivity contribution in [2.45, 2.75) is 40.7 Å². The number of aryl methyl sites for hydroxylation is 2. The summed E-state index contributed by atoms with van der Waals surface area (Å²) < 4.78 is 0. The lowest BCUT2D eigenvalue weighted by molar-refractivity contribution is -0.896. The van der Waals surface area contributed by atoms with Gasteiger partial charge in [0.1, 0.15) is 0 Å². The van der Waals surface area contributed by atoms with Crippen LogP contribution >= 0.6 is 12.2 Å². The first-order valence-corrected chi connectivity index (χ1v) is 10.2. The van der Waals surface area contributed by atoms with Crippen LogP contribution in [0.3, 0.4) is 0 Å². The maximum atomic E-state index is 12.6. The van der Waals surface area contributed by atoms with Gasteiger partial charge < -0.3 is 20.1 Å². The van der Waals surface area contributed by atoms with E-state index in [0.717, 1.165) is 54.6 Å². The summed E-state index contributed by atoms with van der Waals surface area (Å²) in [5, 5.41) is 4.82. The Labute approximate surface area is 167 Å². The topological polar surface area (TPSA) is 52.6 Å². The van der Waals surface area contributed by atoms with E-state index >= 15 is 0 Å². The summed E-state index contributed by atoms with van der Waals surface area (Å²) in [7, 11) is 1.84. The zero-order valence-corrected chi connectivity index (χ0v) is 18.1. The van der Waals surface area contributed by atoms with Gasteiger partial charge in [-0.2, -0.15) is 0 Å². The first-order chi connectivity index (χ1) is 12.9. The molecule has 0 bridgehead atoms. The fraction of sp³-hybridized carbons (Fsp3) is 0.524. The van der Waals surface area contributed by atoms with Crippen LogP contribution in [-0.2, 0) is 6.54 Å². The number of rotatable bonds is 8. The lowest BCUT2D eigenvalue weighted by Crippen LogP contribution is -3.11. The number of nitrogens with one attached hydrogen (secondary N) is 3. The molecule has 0 aliphatic carbocycles. The van der Waals surface area contributed by atoms with Gasteiger partial charge in [-0.3, -0.25) is 4.79 Å². The highest BCUT2D eigenvalue weighted by Gasteiger charge is 2.14. The molecule has 27 heavy (non-hydrogen) atoms. The molecule has 1 heterocycles. The molecule has 0 radical (unpaired) electrons. The molecule has 148 valence electrons. The van der Waals surface area contributed by atoms with Gasteiger partial charge in [-0.05, 0) is 63.0 Å². The number of aromatic nitrogens is 1. The van der Waals surface area contributed by atoms with E-state index in [-0.39, 0.29) is 5.56 Å². The summed E-state index contributed by atoms with van der Waals surface area (Å²) in [4.78, 5) is 19.4. The predicted molar refractivity (Wildman–Crippen MR) is 118 cm³/mol. The maximum absolute atomic E-state index is 12.6. The highest BCUT2D eigenvalue weighted by Crippen LogP contribution is 2.18. The normalized spacial score (nSPS) is 11.2. The van der Waals surface area contributed by atoms with Crippen molar-refractivity contribution in [2.75, 3.05) is 33.2 Å². The van der Waals surface area contributed by atoms with E-state index in [4.69, 9.17) is 12.2 Å². The Balaban J connectivity index is 2.22. The van der Waals surface area contributed by atoms with Crippen molar-refractivity contribution in [1.29, 1.82) is 0 Å². The minimum Gasteiger partial charge on any atom is -0.366 e. The Morgan fingerprint density at radius 1 is 1.22 bits per heavy atom. The van der Waals surface area contributed by atoms with Gasteiger partial charge >= 0.3 is 0 Å². The van der Waals surface area contributed by atoms with Crippen LogP contribution in [-0.4, -0.2) is 48.2 Å². The fourth-order valence-electron chi connectivity index (χ4n) is 3.59. The number of nitrogens with zero attached hydrogens (tertiary/aromatic N) is 1. The van der Waals surface area contributed by atoms with Crippen LogP contribution in [0.25, 0.3) is 10.9 Å². The quantitative estimate of drug-likeness (QED) is 0.603. The Morgan fingerprint density at radius 3 is 2.56 bits per heavy atom. The average Bonchev–Trinajstić information content (AvgIpc) is 2.64. The molecule has 0 saturated heterocycles. The Kier molecular flexibility index (Phi) is 7.80. The molecule has 3 N–H and O–H groups in total. The highest BCUT2D eigenvalue weighted by molar-refractivity contribution is 7.80. The molecule has 0 spiro atoms. The third kappa shape index (κ3) is 5.53. The molecule has 6 heteroatoms. The Hall–Kier alpha value is -1.92. The molecule has 1 aromatic heterocycles. The summed E-state index contributed by atoms with van der Waals surface area (Å²) in [6.45, 7) is 13.3. The van der Waals surface area contributed by atoms with Gasteiger partial charge in [0.05, 0.1) is 31.7 Å². The lowest BCUT2D eigenvalue weighted by Gasteiger charge is -2.25. The molecule has 0 saturated carbocycles. The zero-order valence-electron chi connectivity index (χ0n) is 17.2. The van der Waals surface area contributed by atoms with Crippen molar-refractivity contribution in [3.63, 3.8) is 0 Å². The molecular formula is C21H33N4OS+. The average molecular weight is 390 g/mol. The largest absolute Gasteiger partial charge is 0.366 e. The third-order valence-electron chi connectivity index (χ3n) is 5.19. The molecule has 0 aliphatic rings. The summed E-state index contributed by atoms with van der Waals surface area (Å²) in [6, 6.07) is 6.22. The van der Waals surface area contributed by atoms with Gasteiger partial charge in [-0.1, -0.05) is 11.6 Å². The summed E-state index contributed by atoms with van der Waals surface area (Å²) in [6.07, 6.45) is 1.04. The van der Waals surface area contributed by atoms with E-state index in [9.17, 15) is 4.79 Å². The molecular weight excluding hydrogens is 356 g/mol. The van der Waals surface area contributed by atoms with Crippen molar-refractivity contribution >= 4 is 28.2 Å². The zero-order chi connectivity index (χ0) is 20.0. The summed E-state index contributed by atoms with van der Waals surface area (Å²) in [5.41, 5.74) is 3.93. The molecule has 1 aromatic carbocycles. The van der Waals surface area contributed by atoms with E-state index in [0.29, 0.717) is 11.7 Å². The van der Waals surface area contributed by atoms with Gasteiger partial charge in [0.15, 0.2) is 5.11 Å². The standard InChI is InChI=1S/C21H32N4OS/c1-6-24(7-2)9-8-10-25(21(27)22-5)14-18-13-17-12-15(3)11-16(4)19(17)23-20(18)26/h11-13H,6-10,14H2,1-5H3,(H,22,27)(H,23,26)/p+1. The second-order valence-electron chi connectivity index (χ2n) is 7.21. The van der Waals surface area contributed by atoms with E-state index in [1.807, 2.05) is 20.0 Å². The van der Waals surface area contributed by atoms with Crippen LogP contribution < -0.4 is 15.8 Å². The molecule has 0 aliphatic heterocycles. The van der Waals surface area contributed by atoms with Crippen LogP contribution in [0, 0.1) is 13.8 Å². The number of benzene rings is 1. The van der Waals surface area contributed by atoms with Gasteiger partial charge in [0, 0.05) is 25.6 Å². The monoisotopic (exact) mass is 389 g/mol. The first kappa shape index (κ1) is 21.4. The van der Waals surface area contributed by atoms with Crippen LogP contribution in [0.1, 0.15) is 37.0 Å². The van der Waals surface area contributed by atoms with Gasteiger partial charge in [-0.25, -0.2) is 0 Å². The third-order valence-corrected chi connectivity index (χ3v) is 5.65. The predicted octanol–water partition coefficient (Wildman–Crippen LogP) is 1.77. The number of pyridine rings is 1. The van der Waals surface area contributed by atoms with Crippen molar-refractivity contribution in [3.05, 3.63) is 45.2 Å². The van der Waals surface area contributed by atoms with Crippen LogP contribution in [0.2, 0.25) is 0 Å². The highest BCUT2D eigenvalue weighted by atomic mass is 32.1. The van der Waals surface area contributed by atoms with Gasteiger partial charge in [0.2, 0.25) is 0 Å². The Morgan fingerprint density at radius 2 is 1.93 bits per heavy atom. The van der Waals surface area contributed by atoms with Crippen molar-refractivity contribution in [1.82, 2.24) is 15.2 Å². The second kappa shape index (κ2) is 9.85. The number of fused-ring (bicyclic) bond motifs is 1. The number of hydrogen-bond donors (Lipinski definition) is 3. The Bertz CT molecular complexity index is 842. The van der Waals surface area contributed by atoms with Crippen molar-refractivity contribution in [2.24, 2.45) is 0 Å². The summed E-state index contributed by atoms with van der Waals surface area (Å²) in [5.74, 6) is 0. The van der Waals surface area contributed by atoms with Gasteiger partial charge in [-0.15, -0.1) is 0 Å². The molecule has 0 fully saturated rings.